The van der Waals surface area contributed by atoms with Gasteiger partial charge in [0.15, 0.2) is 12.4 Å². The number of hydrogen-bond donors (Lipinski definition) is 1. The molecule has 0 aliphatic carbocycles. The molecule has 0 radical (unpaired) electrons. The van der Waals surface area contributed by atoms with Crippen LogP contribution in [-0.2, 0) is 14.8 Å². The van der Waals surface area contributed by atoms with Gasteiger partial charge in [-0.15, -0.1) is 0 Å². The van der Waals surface area contributed by atoms with E-state index in [1.54, 1.807) is 25.1 Å². The highest BCUT2D eigenvalue weighted by molar-refractivity contribution is 7.92. The van der Waals surface area contributed by atoms with Crippen molar-refractivity contribution in [2.24, 2.45) is 0 Å². The highest BCUT2D eigenvalue weighted by atomic mass is 32.2. The average molecular weight is 347 g/mol. The second kappa shape index (κ2) is 7.27. The normalized spacial score (nSPS) is 10.9. The molecule has 0 unspecified atom stereocenters. The van der Waals surface area contributed by atoms with Crippen molar-refractivity contribution in [2.75, 3.05) is 17.6 Å². The van der Waals surface area contributed by atoms with Crippen molar-refractivity contribution in [3.05, 3.63) is 65.2 Å². The number of hydrogen-bond acceptors (Lipinski definition) is 5. The zero-order valence-corrected chi connectivity index (χ0v) is 14.1. The lowest BCUT2D eigenvalue weighted by molar-refractivity contribution is 0.0474. The number of sulfonamides is 1. The van der Waals surface area contributed by atoms with Crippen LogP contribution in [0.15, 0.2) is 48.5 Å². The molecule has 0 aromatic heterocycles. The second-order valence-electron chi connectivity index (χ2n) is 5.27. The summed E-state index contributed by atoms with van der Waals surface area (Å²) >= 11 is 0. The van der Waals surface area contributed by atoms with Gasteiger partial charge < -0.3 is 4.74 Å². The van der Waals surface area contributed by atoms with Crippen molar-refractivity contribution in [2.45, 2.75) is 6.92 Å². The third kappa shape index (κ3) is 4.92. The number of aryl methyl sites for hydroxylation is 1. The monoisotopic (exact) mass is 347 g/mol. The van der Waals surface area contributed by atoms with Gasteiger partial charge in [0.2, 0.25) is 10.0 Å². The zero-order valence-electron chi connectivity index (χ0n) is 13.3. The molecule has 1 N–H and O–H groups in total. The van der Waals surface area contributed by atoms with Crippen molar-refractivity contribution < 1.29 is 22.7 Å². The van der Waals surface area contributed by atoms with Crippen LogP contribution in [-0.4, -0.2) is 33.0 Å². The SMILES string of the molecule is Cc1ccccc1C(=O)OCC(=O)c1ccc(NS(C)(=O)=O)cc1. The molecule has 24 heavy (non-hydrogen) atoms. The topological polar surface area (TPSA) is 89.5 Å². The molecule has 0 saturated carbocycles. The van der Waals surface area contributed by atoms with Gasteiger partial charge >= 0.3 is 5.97 Å². The number of ketones is 1. The lowest BCUT2D eigenvalue weighted by Gasteiger charge is -2.07. The lowest BCUT2D eigenvalue weighted by atomic mass is 10.1. The van der Waals surface area contributed by atoms with Crippen LogP contribution in [0.5, 0.6) is 0 Å². The Morgan fingerprint density at radius 2 is 1.67 bits per heavy atom. The van der Waals surface area contributed by atoms with E-state index >= 15 is 0 Å². The van der Waals surface area contributed by atoms with E-state index in [4.69, 9.17) is 4.74 Å². The first-order chi connectivity index (χ1) is 11.3. The van der Waals surface area contributed by atoms with Gasteiger partial charge in [-0.2, -0.15) is 0 Å². The molecular formula is C17H17NO5S. The maximum atomic E-state index is 12.0. The van der Waals surface area contributed by atoms with Crippen LogP contribution >= 0.6 is 0 Å². The minimum Gasteiger partial charge on any atom is -0.454 e. The number of benzene rings is 2. The highest BCUT2D eigenvalue weighted by Gasteiger charge is 2.13. The largest absolute Gasteiger partial charge is 0.454 e. The molecule has 126 valence electrons. The van der Waals surface area contributed by atoms with Crippen LogP contribution in [0.4, 0.5) is 5.69 Å². The van der Waals surface area contributed by atoms with Crippen LogP contribution in [0.25, 0.3) is 0 Å². The van der Waals surface area contributed by atoms with E-state index in [1.807, 2.05) is 6.07 Å². The molecule has 0 aliphatic rings. The average Bonchev–Trinajstić information content (AvgIpc) is 2.52. The fraction of sp³-hybridized carbons (Fsp3) is 0.176. The molecule has 2 aromatic carbocycles. The maximum Gasteiger partial charge on any atom is 0.338 e. The van der Waals surface area contributed by atoms with Crippen LogP contribution in [0.2, 0.25) is 0 Å². The third-order valence-electron chi connectivity index (χ3n) is 3.21. The Morgan fingerprint density at radius 1 is 1.04 bits per heavy atom. The van der Waals surface area contributed by atoms with Crippen LogP contribution in [0, 0.1) is 6.92 Å². The summed E-state index contributed by atoms with van der Waals surface area (Å²) in [5.41, 5.74) is 1.86. The van der Waals surface area contributed by atoms with Gasteiger partial charge in [0.25, 0.3) is 0 Å². The Labute approximate surface area is 140 Å². The molecule has 7 heteroatoms. The number of ether oxygens (including phenoxy) is 1. The summed E-state index contributed by atoms with van der Waals surface area (Å²) in [5, 5.41) is 0. The minimum absolute atomic E-state index is 0.326. The smallest absolute Gasteiger partial charge is 0.338 e. The Morgan fingerprint density at radius 3 is 2.25 bits per heavy atom. The maximum absolute atomic E-state index is 12.0. The molecule has 0 heterocycles. The number of anilines is 1. The first-order valence-electron chi connectivity index (χ1n) is 7.10. The third-order valence-corrected chi connectivity index (χ3v) is 3.82. The van der Waals surface area contributed by atoms with Crippen molar-refractivity contribution in [3.63, 3.8) is 0 Å². The Kier molecular flexibility index (Phi) is 5.35. The Balaban J connectivity index is 1.98. The van der Waals surface area contributed by atoms with Crippen LogP contribution < -0.4 is 4.72 Å². The molecule has 2 rings (SSSR count). The first-order valence-corrected chi connectivity index (χ1v) is 8.99. The summed E-state index contributed by atoms with van der Waals surface area (Å²) in [5.74, 6) is -0.931. The summed E-state index contributed by atoms with van der Waals surface area (Å²) in [7, 11) is -3.37. The molecule has 0 amide bonds. The van der Waals surface area contributed by atoms with Crippen LogP contribution in [0.1, 0.15) is 26.3 Å². The molecular weight excluding hydrogens is 330 g/mol. The second-order valence-corrected chi connectivity index (χ2v) is 7.01. The summed E-state index contributed by atoms with van der Waals surface area (Å²) in [6.45, 7) is 1.40. The van der Waals surface area contributed by atoms with Crippen molar-refractivity contribution in [1.29, 1.82) is 0 Å². The van der Waals surface area contributed by atoms with E-state index in [9.17, 15) is 18.0 Å². The fourth-order valence-corrected chi connectivity index (χ4v) is 2.60. The van der Waals surface area contributed by atoms with E-state index in [2.05, 4.69) is 4.72 Å². The van der Waals surface area contributed by atoms with Crippen molar-refractivity contribution in [1.82, 2.24) is 0 Å². The molecule has 0 bridgehead atoms. The van der Waals surface area contributed by atoms with E-state index in [0.717, 1.165) is 11.8 Å². The van der Waals surface area contributed by atoms with E-state index in [-0.39, 0.29) is 12.4 Å². The van der Waals surface area contributed by atoms with Crippen molar-refractivity contribution >= 4 is 27.5 Å². The van der Waals surface area contributed by atoms with E-state index in [1.165, 1.54) is 24.3 Å². The number of rotatable bonds is 6. The predicted octanol–water partition coefficient (Wildman–Crippen LogP) is 2.41. The Bertz CT molecular complexity index is 857. The summed E-state index contributed by atoms with van der Waals surface area (Å²) in [6, 6.07) is 12.8. The molecule has 2 aromatic rings. The van der Waals surface area contributed by atoms with Gasteiger partial charge in [0.1, 0.15) is 0 Å². The molecule has 0 atom stereocenters. The number of nitrogens with one attached hydrogen (secondary N) is 1. The minimum atomic E-state index is -3.37. The van der Waals surface area contributed by atoms with Gasteiger partial charge in [-0.3, -0.25) is 9.52 Å². The fourth-order valence-electron chi connectivity index (χ4n) is 2.03. The number of esters is 1. The van der Waals surface area contributed by atoms with Gasteiger partial charge in [0.05, 0.1) is 11.8 Å². The summed E-state index contributed by atoms with van der Waals surface area (Å²) in [6.07, 6.45) is 1.04. The van der Waals surface area contributed by atoms with E-state index in [0.29, 0.717) is 16.8 Å². The standard InChI is InChI=1S/C17H17NO5S/c1-12-5-3-4-6-15(12)17(20)23-11-16(19)13-7-9-14(10-8-13)18-24(2,21)22/h3-10,18H,11H2,1-2H3. The van der Waals surface area contributed by atoms with Gasteiger partial charge in [0, 0.05) is 11.3 Å². The number of Topliss-reactive ketones (excluding diaryl/α,β-unsaturated/α-hetero) is 1. The highest BCUT2D eigenvalue weighted by Crippen LogP contribution is 2.12. The Hall–Kier alpha value is -2.67. The first kappa shape index (κ1) is 17.7. The van der Waals surface area contributed by atoms with Crippen molar-refractivity contribution in [3.8, 4) is 0 Å². The zero-order chi connectivity index (χ0) is 17.7. The quantitative estimate of drug-likeness (QED) is 0.640. The molecule has 0 fully saturated rings. The molecule has 0 aliphatic heterocycles. The molecule has 6 nitrogen and oxygen atoms in total. The summed E-state index contributed by atoms with van der Waals surface area (Å²) < 4.78 is 29.6. The number of carbonyl (C=O) groups is 2. The number of carbonyl (C=O) groups excluding carboxylic acids is 2. The summed E-state index contributed by atoms with van der Waals surface area (Å²) in [4.78, 5) is 24.0. The van der Waals surface area contributed by atoms with Gasteiger partial charge in [-0.05, 0) is 42.8 Å². The molecule has 0 spiro atoms. The van der Waals surface area contributed by atoms with Gasteiger partial charge in [-0.25, -0.2) is 13.2 Å². The van der Waals surface area contributed by atoms with Gasteiger partial charge in [-0.1, -0.05) is 18.2 Å². The molecule has 0 saturated heterocycles. The predicted molar refractivity (Wildman–Crippen MR) is 90.7 cm³/mol. The van der Waals surface area contributed by atoms with Crippen LogP contribution in [0.3, 0.4) is 0 Å². The lowest BCUT2D eigenvalue weighted by Crippen LogP contribution is -2.15. The van der Waals surface area contributed by atoms with E-state index < -0.39 is 16.0 Å².